The van der Waals surface area contributed by atoms with Crippen molar-refractivity contribution in [1.82, 2.24) is 9.97 Å². The predicted molar refractivity (Wildman–Crippen MR) is 61.2 cm³/mol. The third-order valence-electron chi connectivity index (χ3n) is 2.13. The van der Waals surface area contributed by atoms with Crippen molar-refractivity contribution in [3.05, 3.63) is 66.3 Å². The maximum absolute atomic E-state index is 8.78. The third kappa shape index (κ3) is 2.12. The van der Waals surface area contributed by atoms with Crippen LogP contribution >= 0.6 is 0 Å². The van der Waals surface area contributed by atoms with Gasteiger partial charge in [-0.15, -0.1) is 0 Å². The van der Waals surface area contributed by atoms with Crippen molar-refractivity contribution in [2.45, 2.75) is 0 Å². The Morgan fingerprint density at radius 1 is 1.19 bits per heavy atom. The molecule has 2 aromatic rings. The van der Waals surface area contributed by atoms with Crippen molar-refractivity contribution < 1.29 is 0 Å². The Bertz CT molecular complexity index is 483. The van der Waals surface area contributed by atoms with E-state index in [1.807, 2.05) is 36.4 Å². The van der Waals surface area contributed by atoms with E-state index in [0.29, 0.717) is 5.69 Å². The van der Waals surface area contributed by atoms with Crippen LogP contribution in [-0.4, -0.2) is 9.97 Å². The van der Waals surface area contributed by atoms with Gasteiger partial charge in [0.05, 0.1) is 18.0 Å². The number of benzene rings is 1. The molecule has 0 radical (unpaired) electrons. The highest BCUT2D eigenvalue weighted by atomic mass is 14.8. The van der Waals surface area contributed by atoms with E-state index in [4.69, 9.17) is 5.26 Å². The van der Waals surface area contributed by atoms with Crippen LogP contribution in [0.5, 0.6) is 0 Å². The summed E-state index contributed by atoms with van der Waals surface area (Å²) in [5.74, 6) is 0. The number of aromatic nitrogens is 2. The summed E-state index contributed by atoms with van der Waals surface area (Å²) in [7, 11) is 0. The van der Waals surface area contributed by atoms with Gasteiger partial charge < -0.3 is 0 Å². The van der Waals surface area contributed by atoms with E-state index in [-0.39, 0.29) is 0 Å². The molecule has 0 amide bonds. The maximum Gasteiger partial charge on any atom is 0.0919 e. The summed E-state index contributed by atoms with van der Waals surface area (Å²) in [5, 5.41) is 8.78. The summed E-state index contributed by atoms with van der Waals surface area (Å²) in [5.41, 5.74) is 2.45. The molecule has 0 aliphatic rings. The summed E-state index contributed by atoms with van der Waals surface area (Å²) >= 11 is 0. The second-order valence-corrected chi connectivity index (χ2v) is 3.14. The van der Waals surface area contributed by atoms with Gasteiger partial charge in [0.2, 0.25) is 0 Å². The molecular formula is C13H9N3. The molecule has 3 heteroatoms. The molecule has 16 heavy (non-hydrogen) atoms. The zero-order valence-corrected chi connectivity index (χ0v) is 8.54. The highest BCUT2D eigenvalue weighted by Gasteiger charge is 2.05. The summed E-state index contributed by atoms with van der Waals surface area (Å²) in [6, 6.07) is 11.7. The van der Waals surface area contributed by atoms with Crippen LogP contribution in [-0.2, 0) is 0 Å². The topological polar surface area (TPSA) is 49.6 Å². The van der Waals surface area contributed by atoms with Crippen molar-refractivity contribution in [3.8, 4) is 6.07 Å². The molecule has 0 atom stereocenters. The molecule has 1 aromatic heterocycles. The molecular weight excluding hydrogens is 198 g/mol. The fourth-order valence-corrected chi connectivity index (χ4v) is 1.43. The van der Waals surface area contributed by atoms with Crippen LogP contribution in [0.1, 0.15) is 11.3 Å². The monoisotopic (exact) mass is 207 g/mol. The average Bonchev–Trinajstić information content (AvgIpc) is 2.38. The van der Waals surface area contributed by atoms with Crippen LogP contribution in [0.3, 0.4) is 0 Å². The summed E-state index contributed by atoms with van der Waals surface area (Å²) in [6.07, 6.45) is 6.36. The molecule has 0 unspecified atom stereocenters. The molecule has 0 saturated carbocycles. The van der Waals surface area contributed by atoms with Gasteiger partial charge >= 0.3 is 0 Å². The number of nitrogens with zero attached hydrogens (tertiary/aromatic N) is 3. The molecule has 3 nitrogen and oxygen atoms in total. The van der Waals surface area contributed by atoms with Gasteiger partial charge in [0.15, 0.2) is 0 Å². The number of allylic oxidation sites excluding steroid dienone is 1. The first-order chi connectivity index (χ1) is 7.92. The molecule has 1 heterocycles. The molecule has 0 aliphatic carbocycles. The predicted octanol–water partition coefficient (Wildman–Crippen LogP) is 2.43. The largest absolute Gasteiger partial charge is 0.261 e. The molecule has 0 saturated heterocycles. The Morgan fingerprint density at radius 3 is 2.62 bits per heavy atom. The van der Waals surface area contributed by atoms with Gasteiger partial charge in [-0.05, 0) is 5.56 Å². The zero-order valence-electron chi connectivity index (χ0n) is 8.54. The molecule has 76 valence electrons. The lowest BCUT2D eigenvalue weighted by Gasteiger charge is -2.04. The fraction of sp³-hybridized carbons (Fsp3) is 0. The van der Waals surface area contributed by atoms with Crippen LogP contribution in [0.25, 0.3) is 5.57 Å². The molecule has 0 aliphatic heterocycles. The van der Waals surface area contributed by atoms with Crippen LogP contribution in [0, 0.1) is 11.3 Å². The van der Waals surface area contributed by atoms with Crippen molar-refractivity contribution in [1.29, 1.82) is 5.26 Å². The highest BCUT2D eigenvalue weighted by molar-refractivity contribution is 5.78. The lowest BCUT2D eigenvalue weighted by Crippen LogP contribution is -1.91. The highest BCUT2D eigenvalue weighted by Crippen LogP contribution is 2.19. The van der Waals surface area contributed by atoms with E-state index in [1.54, 1.807) is 18.6 Å². The standard InChI is InChI=1S/C13H9N3/c14-7-6-12(11-4-2-1-3-5-11)13-10-15-8-9-16-13/h1-6,8-10H/b12-6+. The number of nitriles is 1. The molecule has 2 rings (SSSR count). The number of hydrogen-bond acceptors (Lipinski definition) is 3. The first kappa shape index (κ1) is 10.1. The smallest absolute Gasteiger partial charge is 0.0919 e. The van der Waals surface area contributed by atoms with E-state index >= 15 is 0 Å². The molecule has 0 bridgehead atoms. The normalized spacial score (nSPS) is 10.8. The first-order valence-electron chi connectivity index (χ1n) is 4.83. The van der Waals surface area contributed by atoms with Gasteiger partial charge in [0.25, 0.3) is 0 Å². The minimum atomic E-state index is 0.704. The molecule has 0 spiro atoms. The Hall–Kier alpha value is -2.47. The van der Waals surface area contributed by atoms with Crippen LogP contribution in [0.15, 0.2) is 55.0 Å². The SMILES string of the molecule is N#C/C=C(\c1ccccc1)c1cnccn1. The van der Waals surface area contributed by atoms with E-state index in [0.717, 1.165) is 11.1 Å². The molecule has 1 aromatic carbocycles. The minimum Gasteiger partial charge on any atom is -0.261 e. The van der Waals surface area contributed by atoms with Gasteiger partial charge in [-0.2, -0.15) is 5.26 Å². The van der Waals surface area contributed by atoms with Crippen molar-refractivity contribution in [2.24, 2.45) is 0 Å². The Balaban J connectivity index is 2.50. The molecule has 0 fully saturated rings. The Kier molecular flexibility index (Phi) is 3.05. The Labute approximate surface area is 93.7 Å². The summed E-state index contributed by atoms with van der Waals surface area (Å²) in [6.45, 7) is 0. The molecule has 0 N–H and O–H groups in total. The first-order valence-corrected chi connectivity index (χ1v) is 4.83. The van der Waals surface area contributed by atoms with Gasteiger partial charge in [-0.25, -0.2) is 0 Å². The van der Waals surface area contributed by atoms with Crippen LogP contribution in [0.4, 0.5) is 0 Å². The Morgan fingerprint density at radius 2 is 2.00 bits per heavy atom. The quantitative estimate of drug-likeness (QED) is 0.710. The van der Waals surface area contributed by atoms with Gasteiger partial charge in [0, 0.05) is 24.0 Å². The lowest BCUT2D eigenvalue weighted by atomic mass is 10.0. The van der Waals surface area contributed by atoms with Gasteiger partial charge in [0.1, 0.15) is 0 Å². The van der Waals surface area contributed by atoms with Crippen molar-refractivity contribution in [3.63, 3.8) is 0 Å². The number of rotatable bonds is 2. The number of hydrogen-bond donors (Lipinski definition) is 0. The van der Waals surface area contributed by atoms with E-state index < -0.39 is 0 Å². The maximum atomic E-state index is 8.78. The fourth-order valence-electron chi connectivity index (χ4n) is 1.43. The van der Waals surface area contributed by atoms with Crippen molar-refractivity contribution in [2.75, 3.05) is 0 Å². The summed E-state index contributed by atoms with van der Waals surface area (Å²) in [4.78, 5) is 8.19. The average molecular weight is 207 g/mol. The second kappa shape index (κ2) is 4.85. The summed E-state index contributed by atoms with van der Waals surface area (Å²) < 4.78 is 0. The van der Waals surface area contributed by atoms with Gasteiger partial charge in [-0.1, -0.05) is 30.3 Å². The van der Waals surface area contributed by atoms with Crippen LogP contribution < -0.4 is 0 Å². The van der Waals surface area contributed by atoms with E-state index in [2.05, 4.69) is 9.97 Å². The third-order valence-corrected chi connectivity index (χ3v) is 2.13. The second-order valence-electron chi connectivity index (χ2n) is 3.14. The van der Waals surface area contributed by atoms with E-state index in [9.17, 15) is 0 Å². The zero-order chi connectivity index (χ0) is 11.2. The minimum absolute atomic E-state index is 0.704. The van der Waals surface area contributed by atoms with Crippen LogP contribution in [0.2, 0.25) is 0 Å². The lowest BCUT2D eigenvalue weighted by molar-refractivity contribution is 1.17. The van der Waals surface area contributed by atoms with Gasteiger partial charge in [-0.3, -0.25) is 9.97 Å². The van der Waals surface area contributed by atoms with Crippen molar-refractivity contribution >= 4 is 5.57 Å². The van der Waals surface area contributed by atoms with E-state index in [1.165, 1.54) is 6.08 Å².